The molecule has 0 amide bonds. The highest BCUT2D eigenvalue weighted by molar-refractivity contribution is 5.94. The molecule has 0 aliphatic carbocycles. The molecule has 0 spiro atoms. The van der Waals surface area contributed by atoms with Gasteiger partial charge in [-0.15, -0.1) is 0 Å². The van der Waals surface area contributed by atoms with Crippen LogP contribution in [-0.2, 0) is 11.3 Å². The maximum atomic E-state index is 13.3. The van der Waals surface area contributed by atoms with Crippen molar-refractivity contribution in [3.05, 3.63) is 75.6 Å². The summed E-state index contributed by atoms with van der Waals surface area (Å²) in [5, 5.41) is 0.550. The predicted octanol–water partition coefficient (Wildman–Crippen LogP) is 2.31. The molecule has 2 aromatic carbocycles. The van der Waals surface area contributed by atoms with Crippen LogP contribution in [0.3, 0.4) is 0 Å². The SMILES string of the molecule is CCCOC(=O)c1ccc2[nH]c(C)c(C[NH+]3CCN(c4ccccc4)CC3)c(=O)c2c1. The third-order valence-corrected chi connectivity index (χ3v) is 6.00. The monoisotopic (exact) mass is 420 g/mol. The van der Waals surface area contributed by atoms with Crippen LogP contribution >= 0.6 is 0 Å². The van der Waals surface area contributed by atoms with Gasteiger partial charge < -0.3 is 19.5 Å². The lowest BCUT2D eigenvalue weighted by atomic mass is 10.1. The largest absolute Gasteiger partial charge is 0.462 e. The Balaban J connectivity index is 1.52. The fraction of sp³-hybridized carbons (Fsp3) is 0.360. The summed E-state index contributed by atoms with van der Waals surface area (Å²) in [6, 6.07) is 15.6. The van der Waals surface area contributed by atoms with E-state index in [0.29, 0.717) is 24.1 Å². The topological polar surface area (TPSA) is 66.8 Å². The number of carbonyl (C=O) groups is 1. The summed E-state index contributed by atoms with van der Waals surface area (Å²) >= 11 is 0. The Labute approximate surface area is 182 Å². The molecule has 6 nitrogen and oxygen atoms in total. The van der Waals surface area contributed by atoms with Gasteiger partial charge in [-0.1, -0.05) is 25.1 Å². The summed E-state index contributed by atoms with van der Waals surface area (Å²) in [5.41, 5.74) is 4.14. The van der Waals surface area contributed by atoms with Gasteiger partial charge in [0.05, 0.1) is 43.9 Å². The van der Waals surface area contributed by atoms with Crippen LogP contribution in [-0.4, -0.2) is 43.7 Å². The second kappa shape index (κ2) is 9.35. The van der Waals surface area contributed by atoms with Crippen molar-refractivity contribution in [1.82, 2.24) is 4.98 Å². The van der Waals surface area contributed by atoms with Crippen molar-refractivity contribution in [2.75, 3.05) is 37.7 Å². The summed E-state index contributed by atoms with van der Waals surface area (Å²) < 4.78 is 5.23. The highest BCUT2D eigenvalue weighted by Gasteiger charge is 2.23. The number of aromatic amines is 1. The van der Waals surface area contributed by atoms with Crippen molar-refractivity contribution in [3.63, 3.8) is 0 Å². The number of fused-ring (bicyclic) bond motifs is 1. The molecular weight excluding hydrogens is 390 g/mol. The van der Waals surface area contributed by atoms with Crippen LogP contribution in [0.1, 0.15) is 35.0 Å². The summed E-state index contributed by atoms with van der Waals surface area (Å²) in [5.74, 6) is -0.382. The third kappa shape index (κ3) is 4.64. The van der Waals surface area contributed by atoms with E-state index < -0.39 is 0 Å². The van der Waals surface area contributed by atoms with Gasteiger partial charge in [-0.25, -0.2) is 4.79 Å². The molecule has 0 saturated carbocycles. The normalized spacial score (nSPS) is 14.7. The molecule has 2 N–H and O–H groups in total. The maximum Gasteiger partial charge on any atom is 0.338 e. The van der Waals surface area contributed by atoms with E-state index in [1.807, 2.05) is 19.9 Å². The van der Waals surface area contributed by atoms with Gasteiger partial charge in [-0.05, 0) is 43.7 Å². The highest BCUT2D eigenvalue weighted by Crippen LogP contribution is 2.15. The summed E-state index contributed by atoms with van der Waals surface area (Å²) in [6.45, 7) is 8.88. The zero-order chi connectivity index (χ0) is 21.8. The molecule has 4 rings (SSSR count). The van der Waals surface area contributed by atoms with Gasteiger partial charge in [0.2, 0.25) is 0 Å². The third-order valence-electron chi connectivity index (χ3n) is 6.00. The molecular formula is C25H30N3O3+. The second-order valence-electron chi connectivity index (χ2n) is 8.20. The average molecular weight is 421 g/mol. The van der Waals surface area contributed by atoms with Crippen LogP contribution in [0.4, 0.5) is 5.69 Å². The predicted molar refractivity (Wildman–Crippen MR) is 123 cm³/mol. The zero-order valence-corrected chi connectivity index (χ0v) is 18.2. The van der Waals surface area contributed by atoms with Gasteiger partial charge in [0.15, 0.2) is 5.43 Å². The van der Waals surface area contributed by atoms with Crippen molar-refractivity contribution in [1.29, 1.82) is 0 Å². The van der Waals surface area contributed by atoms with E-state index in [2.05, 4.69) is 34.1 Å². The first-order chi connectivity index (χ1) is 15.1. The summed E-state index contributed by atoms with van der Waals surface area (Å²) in [6.07, 6.45) is 0.767. The first kappa shape index (κ1) is 21.1. The van der Waals surface area contributed by atoms with Crippen LogP contribution < -0.4 is 15.2 Å². The number of rotatable bonds is 6. The first-order valence-electron chi connectivity index (χ1n) is 11.0. The molecule has 1 fully saturated rings. The number of nitrogens with zero attached hydrogens (tertiary/aromatic N) is 1. The maximum absolute atomic E-state index is 13.3. The van der Waals surface area contributed by atoms with Gasteiger partial charge in [0.1, 0.15) is 6.54 Å². The smallest absolute Gasteiger partial charge is 0.338 e. The van der Waals surface area contributed by atoms with Crippen LogP contribution in [0.15, 0.2) is 53.3 Å². The van der Waals surface area contributed by atoms with E-state index in [-0.39, 0.29) is 11.4 Å². The first-order valence-corrected chi connectivity index (χ1v) is 11.0. The summed E-state index contributed by atoms with van der Waals surface area (Å²) in [7, 11) is 0. The van der Waals surface area contributed by atoms with E-state index in [1.165, 1.54) is 10.6 Å². The van der Waals surface area contributed by atoms with Gasteiger partial charge >= 0.3 is 5.97 Å². The molecule has 0 bridgehead atoms. The zero-order valence-electron chi connectivity index (χ0n) is 18.2. The minimum Gasteiger partial charge on any atom is -0.462 e. The fourth-order valence-corrected chi connectivity index (χ4v) is 4.22. The molecule has 1 aliphatic rings. The number of aromatic nitrogens is 1. The van der Waals surface area contributed by atoms with Gasteiger partial charge in [0.25, 0.3) is 0 Å². The Bertz CT molecular complexity index is 1120. The van der Waals surface area contributed by atoms with Crippen molar-refractivity contribution in [2.24, 2.45) is 0 Å². The van der Waals surface area contributed by atoms with Crippen LogP contribution in [0.25, 0.3) is 10.9 Å². The van der Waals surface area contributed by atoms with E-state index >= 15 is 0 Å². The number of benzene rings is 2. The minimum atomic E-state index is -0.382. The number of anilines is 1. The average Bonchev–Trinajstić information content (AvgIpc) is 2.81. The molecule has 0 radical (unpaired) electrons. The summed E-state index contributed by atoms with van der Waals surface area (Å²) in [4.78, 5) is 32.7. The number of piperazine rings is 1. The molecule has 6 heteroatoms. The number of carbonyl (C=O) groups excluding carboxylic acids is 1. The van der Waals surface area contributed by atoms with Crippen LogP contribution in [0.2, 0.25) is 0 Å². The molecule has 0 unspecified atom stereocenters. The molecule has 3 aromatic rings. The quantitative estimate of drug-likeness (QED) is 0.601. The Kier molecular flexibility index (Phi) is 6.37. The molecule has 1 saturated heterocycles. The molecule has 0 atom stereocenters. The van der Waals surface area contributed by atoms with Gasteiger partial charge in [-0.2, -0.15) is 0 Å². The Morgan fingerprint density at radius 2 is 1.87 bits per heavy atom. The molecule has 31 heavy (non-hydrogen) atoms. The number of nitrogens with one attached hydrogen (secondary N) is 2. The van der Waals surface area contributed by atoms with E-state index in [9.17, 15) is 9.59 Å². The number of aryl methyl sites for hydroxylation is 1. The molecule has 162 valence electrons. The van der Waals surface area contributed by atoms with E-state index in [0.717, 1.165) is 49.4 Å². The Morgan fingerprint density at radius 1 is 1.13 bits per heavy atom. The number of quaternary nitrogens is 1. The van der Waals surface area contributed by atoms with Crippen molar-refractivity contribution < 1.29 is 14.4 Å². The minimum absolute atomic E-state index is 0.00869. The van der Waals surface area contributed by atoms with Crippen LogP contribution in [0.5, 0.6) is 0 Å². The number of hydrogen-bond acceptors (Lipinski definition) is 4. The number of H-pyrrole nitrogens is 1. The fourth-order valence-electron chi connectivity index (χ4n) is 4.22. The number of ether oxygens (including phenoxy) is 1. The lowest BCUT2D eigenvalue weighted by Crippen LogP contribution is -3.13. The number of hydrogen-bond donors (Lipinski definition) is 2. The standard InChI is InChI=1S/C25H29N3O3/c1-3-15-31-25(30)19-9-10-23-21(16-19)24(29)22(18(2)26-23)17-27-11-13-28(14-12-27)20-7-5-4-6-8-20/h4-10,16H,3,11-15,17H2,1-2H3,(H,26,29)/p+1. The number of pyridine rings is 1. The molecule has 2 heterocycles. The van der Waals surface area contributed by atoms with Crippen LogP contribution in [0, 0.1) is 6.92 Å². The molecule has 1 aromatic heterocycles. The van der Waals surface area contributed by atoms with E-state index in [4.69, 9.17) is 4.74 Å². The Morgan fingerprint density at radius 3 is 2.58 bits per heavy atom. The number of esters is 1. The number of para-hydroxylation sites is 1. The van der Waals surface area contributed by atoms with Crippen molar-refractivity contribution >= 4 is 22.6 Å². The molecule has 1 aliphatic heterocycles. The lowest BCUT2D eigenvalue weighted by Gasteiger charge is -2.33. The highest BCUT2D eigenvalue weighted by atomic mass is 16.5. The van der Waals surface area contributed by atoms with Crippen molar-refractivity contribution in [2.45, 2.75) is 26.8 Å². The van der Waals surface area contributed by atoms with Gasteiger partial charge in [-0.3, -0.25) is 4.79 Å². The second-order valence-corrected chi connectivity index (χ2v) is 8.20. The van der Waals surface area contributed by atoms with E-state index in [1.54, 1.807) is 18.2 Å². The Hall–Kier alpha value is -3.12. The van der Waals surface area contributed by atoms with Gasteiger partial charge in [0, 0.05) is 22.3 Å². The lowest BCUT2D eigenvalue weighted by molar-refractivity contribution is -0.914. The van der Waals surface area contributed by atoms with Crippen molar-refractivity contribution in [3.8, 4) is 0 Å².